The lowest BCUT2D eigenvalue weighted by molar-refractivity contribution is 0.148. The van der Waals surface area contributed by atoms with Crippen LogP contribution in [0.2, 0.25) is 0 Å². The molecule has 0 spiro atoms. The number of hydrogen-bond acceptors (Lipinski definition) is 5. The smallest absolute Gasteiger partial charge is 0.269 e. The summed E-state index contributed by atoms with van der Waals surface area (Å²) in [5, 5.41) is 0.972. The zero-order chi connectivity index (χ0) is 20.6. The Morgan fingerprint density at radius 1 is 1.07 bits per heavy atom. The molecule has 0 saturated carbocycles. The molecule has 0 amide bonds. The average Bonchev–Trinajstić information content (AvgIpc) is 3.09. The first-order valence-corrected chi connectivity index (χ1v) is 11.7. The van der Waals surface area contributed by atoms with Crippen LogP contribution in [-0.4, -0.2) is 62.5 Å². The molecule has 0 unspecified atom stereocenters. The molecule has 4 rings (SSSR count). The highest BCUT2D eigenvalue weighted by Crippen LogP contribution is 2.32. The van der Waals surface area contributed by atoms with Crippen LogP contribution in [0.5, 0.6) is 5.75 Å². The van der Waals surface area contributed by atoms with Crippen molar-refractivity contribution in [2.24, 2.45) is 0 Å². The van der Waals surface area contributed by atoms with E-state index < -0.39 is 10.0 Å². The van der Waals surface area contributed by atoms with Gasteiger partial charge in [-0.1, -0.05) is 18.2 Å². The third kappa shape index (κ3) is 4.38. The summed E-state index contributed by atoms with van der Waals surface area (Å²) in [5.41, 5.74) is 1.72. The van der Waals surface area contributed by atoms with E-state index in [0.717, 1.165) is 43.7 Å². The van der Waals surface area contributed by atoms with Gasteiger partial charge in [-0.25, -0.2) is 12.4 Å². The summed E-state index contributed by atoms with van der Waals surface area (Å²) in [7, 11) is -0.0794. The predicted octanol–water partition coefficient (Wildman–Crippen LogP) is 3.82. The second-order valence-corrected chi connectivity index (χ2v) is 9.99. The molecule has 0 radical (unpaired) electrons. The second kappa shape index (κ2) is 9.28. The van der Waals surface area contributed by atoms with Crippen LogP contribution in [0.3, 0.4) is 0 Å². The molecule has 0 N–H and O–H groups in total. The minimum atomic E-state index is -3.76. The van der Waals surface area contributed by atoms with Gasteiger partial charge in [0.2, 0.25) is 0 Å². The van der Waals surface area contributed by atoms with Crippen LogP contribution in [-0.2, 0) is 16.6 Å². The van der Waals surface area contributed by atoms with Gasteiger partial charge in [0.1, 0.15) is 10.6 Å². The Morgan fingerprint density at radius 2 is 1.77 bits per heavy atom. The number of methoxy groups -OCH3 is 1. The topological polar surface area (TPSA) is 54.8 Å². The Kier molecular flexibility index (Phi) is 7.14. The first-order chi connectivity index (χ1) is 13.9. The molecule has 1 fully saturated rings. The lowest BCUT2D eigenvalue weighted by Crippen LogP contribution is -2.43. The number of hydrogen-bond donors (Lipinski definition) is 0. The number of aromatic nitrogens is 1. The number of benzene rings is 2. The largest absolute Gasteiger partial charge is 0.497 e. The van der Waals surface area contributed by atoms with Gasteiger partial charge < -0.3 is 9.64 Å². The van der Waals surface area contributed by atoms with Gasteiger partial charge in [0.25, 0.3) is 10.0 Å². The highest BCUT2D eigenvalue weighted by molar-refractivity contribution is 9.10. The van der Waals surface area contributed by atoms with E-state index in [9.17, 15) is 8.42 Å². The number of ether oxygens (including phenoxy) is 1. The Bertz CT molecular complexity index is 1140. The van der Waals surface area contributed by atoms with Crippen LogP contribution in [0.4, 0.5) is 0 Å². The van der Waals surface area contributed by atoms with Gasteiger partial charge in [-0.2, -0.15) is 0 Å². The van der Waals surface area contributed by atoms with Crippen LogP contribution in [0.15, 0.2) is 58.0 Å². The Balaban J connectivity index is 0.00000256. The van der Waals surface area contributed by atoms with E-state index in [1.807, 2.05) is 24.3 Å². The molecule has 1 aliphatic heterocycles. The third-order valence-electron chi connectivity index (χ3n) is 5.43. The zero-order valence-electron chi connectivity index (χ0n) is 16.9. The predicted molar refractivity (Wildman–Crippen MR) is 125 cm³/mol. The van der Waals surface area contributed by atoms with E-state index in [2.05, 4.69) is 32.8 Å². The highest BCUT2D eigenvalue weighted by atomic mass is 79.9. The maximum absolute atomic E-state index is 13.5. The maximum Gasteiger partial charge on any atom is 0.269 e. The number of para-hydroxylation sites is 1. The number of likely N-dealkylation sites (N-methyl/N-ethyl adjacent to an activating group) is 1. The van der Waals surface area contributed by atoms with Crippen molar-refractivity contribution in [3.63, 3.8) is 0 Å². The van der Waals surface area contributed by atoms with Crippen molar-refractivity contribution in [3.8, 4) is 5.75 Å². The molecule has 0 bridgehead atoms. The fraction of sp³-hybridized carbons (Fsp3) is 0.333. The van der Waals surface area contributed by atoms with Crippen molar-refractivity contribution in [2.75, 3.05) is 40.3 Å². The lowest BCUT2D eigenvalue weighted by Gasteiger charge is -2.32. The molecular weight excluding hydrogens is 490 g/mol. The summed E-state index contributed by atoms with van der Waals surface area (Å²) in [6.07, 6.45) is 1.77. The van der Waals surface area contributed by atoms with E-state index in [0.29, 0.717) is 15.7 Å². The molecule has 162 valence electrons. The summed E-state index contributed by atoms with van der Waals surface area (Å²) in [6, 6.07) is 12.6. The normalized spacial score (nSPS) is 15.8. The minimum absolute atomic E-state index is 0. The van der Waals surface area contributed by atoms with Crippen molar-refractivity contribution in [1.29, 1.82) is 0 Å². The average molecular weight is 515 g/mol. The summed E-state index contributed by atoms with van der Waals surface area (Å²) < 4.78 is 34.1. The summed E-state index contributed by atoms with van der Waals surface area (Å²) in [4.78, 5) is 4.90. The Morgan fingerprint density at radius 3 is 2.43 bits per heavy atom. The van der Waals surface area contributed by atoms with Crippen molar-refractivity contribution < 1.29 is 13.2 Å². The standard InChI is InChI=1S/C21H24BrN3O3S.ClH/c1-23-9-11-24(12-10-23)14-16-15-25(20-6-4-3-5-18(16)20)29(26,27)21-8-7-17(28-2)13-19(21)22;/h3-8,13,15H,9-12,14H2,1-2H3;1H. The van der Waals surface area contributed by atoms with E-state index in [4.69, 9.17) is 4.74 Å². The van der Waals surface area contributed by atoms with Crippen LogP contribution >= 0.6 is 28.3 Å². The molecule has 6 nitrogen and oxygen atoms in total. The summed E-state index contributed by atoms with van der Waals surface area (Å²) in [5.74, 6) is 0.601. The molecule has 1 saturated heterocycles. The quantitative estimate of drug-likeness (QED) is 0.518. The first-order valence-electron chi connectivity index (χ1n) is 9.49. The maximum atomic E-state index is 13.5. The molecule has 0 atom stereocenters. The second-order valence-electron chi connectivity index (χ2n) is 7.35. The SMILES string of the molecule is COc1ccc(S(=O)(=O)n2cc(CN3CCN(C)CC3)c3ccccc32)c(Br)c1.Cl. The molecule has 1 aromatic heterocycles. The number of halogens is 2. The zero-order valence-corrected chi connectivity index (χ0v) is 20.1. The van der Waals surface area contributed by atoms with Gasteiger partial charge in [-0.05, 0) is 52.8 Å². The van der Waals surface area contributed by atoms with Gasteiger partial charge >= 0.3 is 0 Å². The number of piperazine rings is 1. The van der Waals surface area contributed by atoms with Gasteiger partial charge in [0.05, 0.1) is 12.6 Å². The van der Waals surface area contributed by atoms with E-state index >= 15 is 0 Å². The highest BCUT2D eigenvalue weighted by Gasteiger charge is 2.25. The van der Waals surface area contributed by atoms with Gasteiger partial charge in [-0.15, -0.1) is 12.4 Å². The minimum Gasteiger partial charge on any atom is -0.497 e. The van der Waals surface area contributed by atoms with Crippen LogP contribution in [0.25, 0.3) is 10.9 Å². The van der Waals surface area contributed by atoms with Crippen molar-refractivity contribution in [3.05, 3.63) is 58.7 Å². The number of rotatable bonds is 5. The fourth-order valence-corrected chi connectivity index (χ4v) is 6.13. The van der Waals surface area contributed by atoms with Crippen molar-refractivity contribution in [1.82, 2.24) is 13.8 Å². The Labute approximate surface area is 192 Å². The van der Waals surface area contributed by atoms with Crippen molar-refractivity contribution >= 4 is 49.3 Å². The van der Waals surface area contributed by atoms with E-state index in [1.54, 1.807) is 31.5 Å². The first kappa shape index (κ1) is 23.1. The molecule has 30 heavy (non-hydrogen) atoms. The lowest BCUT2D eigenvalue weighted by atomic mass is 10.1. The fourth-order valence-electron chi connectivity index (χ4n) is 3.71. The number of fused-ring (bicyclic) bond motifs is 1. The van der Waals surface area contributed by atoms with Gasteiger partial charge in [-0.3, -0.25) is 4.90 Å². The van der Waals surface area contributed by atoms with E-state index in [1.165, 1.54) is 3.97 Å². The van der Waals surface area contributed by atoms with Crippen LogP contribution < -0.4 is 4.74 Å². The molecular formula is C21H25BrClN3O3S. The van der Waals surface area contributed by atoms with Gasteiger partial charge in [0.15, 0.2) is 0 Å². The molecule has 9 heteroatoms. The van der Waals surface area contributed by atoms with Gasteiger partial charge in [0, 0.05) is 48.8 Å². The molecule has 2 heterocycles. The monoisotopic (exact) mass is 513 g/mol. The van der Waals surface area contributed by atoms with Crippen molar-refractivity contribution in [2.45, 2.75) is 11.4 Å². The van der Waals surface area contributed by atoms with Crippen LogP contribution in [0, 0.1) is 0 Å². The number of nitrogens with zero attached hydrogens (tertiary/aromatic N) is 3. The summed E-state index contributed by atoms with van der Waals surface area (Å²) >= 11 is 3.39. The summed E-state index contributed by atoms with van der Waals surface area (Å²) in [6.45, 7) is 4.74. The third-order valence-corrected chi connectivity index (χ3v) is 8.08. The Hall–Kier alpha value is -1.58. The molecule has 0 aliphatic carbocycles. The van der Waals surface area contributed by atoms with Crippen LogP contribution in [0.1, 0.15) is 5.56 Å². The molecule has 2 aromatic carbocycles. The molecule has 1 aliphatic rings. The molecule has 3 aromatic rings. The van der Waals surface area contributed by atoms with E-state index in [-0.39, 0.29) is 17.3 Å².